The van der Waals surface area contributed by atoms with Crippen molar-refractivity contribution in [2.75, 3.05) is 0 Å². The number of aromatic nitrogens is 2. The van der Waals surface area contributed by atoms with E-state index >= 15 is 0 Å². The van der Waals surface area contributed by atoms with Gasteiger partial charge in [-0.15, -0.1) is 0 Å². The van der Waals surface area contributed by atoms with E-state index in [0.29, 0.717) is 0 Å². The topological polar surface area (TPSA) is 115 Å². The zero-order valence-corrected chi connectivity index (χ0v) is 8.96. The number of hydrogen-bond acceptors (Lipinski definition) is 3. The molecule has 0 radical (unpaired) electrons. The van der Waals surface area contributed by atoms with Crippen molar-refractivity contribution in [3.63, 3.8) is 0 Å². The molecule has 2 rings (SSSR count). The Bertz CT molecular complexity index is 447. The molecular formula is C11H12N4O2. The van der Waals surface area contributed by atoms with Gasteiger partial charge < -0.3 is 16.5 Å². The van der Waals surface area contributed by atoms with E-state index in [0.717, 1.165) is 0 Å². The minimum atomic E-state index is -0.682. The monoisotopic (exact) mass is 232 g/mol. The number of primary amides is 2. The quantitative estimate of drug-likeness (QED) is 0.691. The van der Waals surface area contributed by atoms with Crippen LogP contribution in [0.25, 0.3) is 0 Å². The second kappa shape index (κ2) is 6.06. The molecule has 0 aliphatic carbocycles. The Morgan fingerprint density at radius 3 is 2.18 bits per heavy atom. The third kappa shape index (κ3) is 4.17. The van der Waals surface area contributed by atoms with Crippen molar-refractivity contribution in [1.82, 2.24) is 9.97 Å². The highest BCUT2D eigenvalue weighted by molar-refractivity contribution is 5.97. The molecule has 2 aromatic rings. The van der Waals surface area contributed by atoms with Gasteiger partial charge in [-0.2, -0.15) is 0 Å². The summed E-state index contributed by atoms with van der Waals surface area (Å²) in [6, 6.07) is 6.56. The number of nitrogens with one attached hydrogen (secondary N) is 1. The number of nitrogens with two attached hydrogens (primary N) is 2. The minimum Gasteiger partial charge on any atom is -0.368 e. The number of carbonyl (C=O) groups is 2. The van der Waals surface area contributed by atoms with Gasteiger partial charge in [0, 0.05) is 24.2 Å². The zero-order valence-electron chi connectivity index (χ0n) is 8.96. The van der Waals surface area contributed by atoms with Crippen LogP contribution in [0, 0.1) is 0 Å². The average Bonchev–Trinajstić information content (AvgIpc) is 2.87. The molecule has 6 nitrogen and oxygen atoms in total. The maximum Gasteiger partial charge on any atom is 0.267 e. The standard InChI is InChI=1S/C7H7N3O2.C4H5N/c8-6(11)4-1-2-10-5(3-4)7(9)12;1-2-4-5-3-1/h1-3H,(H2,8,11)(H2,9,12);1-5H. The van der Waals surface area contributed by atoms with Crippen molar-refractivity contribution in [3.05, 3.63) is 54.1 Å². The highest BCUT2D eigenvalue weighted by atomic mass is 16.1. The van der Waals surface area contributed by atoms with E-state index in [4.69, 9.17) is 11.5 Å². The Balaban J connectivity index is 0.000000239. The zero-order chi connectivity index (χ0) is 12.7. The van der Waals surface area contributed by atoms with Crippen molar-refractivity contribution in [2.45, 2.75) is 0 Å². The van der Waals surface area contributed by atoms with E-state index in [9.17, 15) is 9.59 Å². The highest BCUT2D eigenvalue weighted by Crippen LogP contribution is 1.99. The third-order valence-corrected chi connectivity index (χ3v) is 1.79. The Morgan fingerprint density at radius 1 is 1.12 bits per heavy atom. The fourth-order valence-corrected chi connectivity index (χ4v) is 0.996. The number of H-pyrrole nitrogens is 1. The number of amides is 2. The largest absolute Gasteiger partial charge is 0.368 e. The van der Waals surface area contributed by atoms with Gasteiger partial charge in [0.05, 0.1) is 0 Å². The van der Waals surface area contributed by atoms with E-state index in [1.54, 1.807) is 0 Å². The first kappa shape index (κ1) is 12.4. The van der Waals surface area contributed by atoms with Crippen LogP contribution in [0.15, 0.2) is 42.9 Å². The van der Waals surface area contributed by atoms with E-state index in [1.165, 1.54) is 18.3 Å². The van der Waals surface area contributed by atoms with E-state index in [1.807, 2.05) is 24.5 Å². The first-order chi connectivity index (χ1) is 8.11. The molecule has 2 amide bonds. The SMILES string of the molecule is NC(=O)c1ccnc(C(N)=O)c1.c1cc[nH]c1. The predicted molar refractivity (Wildman–Crippen MR) is 62.1 cm³/mol. The molecule has 2 heterocycles. The molecule has 0 aromatic carbocycles. The number of carbonyl (C=O) groups excluding carboxylic acids is 2. The molecule has 0 fully saturated rings. The minimum absolute atomic E-state index is 0.0336. The van der Waals surface area contributed by atoms with Gasteiger partial charge in [0.1, 0.15) is 5.69 Å². The van der Waals surface area contributed by atoms with Crippen LogP contribution in [0.2, 0.25) is 0 Å². The molecule has 0 aliphatic heterocycles. The molecule has 88 valence electrons. The first-order valence-electron chi connectivity index (χ1n) is 4.74. The van der Waals surface area contributed by atoms with E-state index in [2.05, 4.69) is 9.97 Å². The van der Waals surface area contributed by atoms with Crippen LogP contribution in [-0.4, -0.2) is 21.8 Å². The van der Waals surface area contributed by atoms with Gasteiger partial charge in [0.25, 0.3) is 5.91 Å². The second-order valence-electron chi connectivity index (χ2n) is 3.04. The number of hydrogen-bond donors (Lipinski definition) is 3. The van der Waals surface area contributed by atoms with Crippen molar-refractivity contribution in [2.24, 2.45) is 11.5 Å². The summed E-state index contributed by atoms with van der Waals surface area (Å²) in [6.45, 7) is 0. The molecule has 0 unspecified atom stereocenters. The van der Waals surface area contributed by atoms with Crippen molar-refractivity contribution in [3.8, 4) is 0 Å². The maximum atomic E-state index is 10.6. The van der Waals surface area contributed by atoms with Gasteiger partial charge in [-0.3, -0.25) is 14.6 Å². The molecule has 0 saturated carbocycles. The van der Waals surface area contributed by atoms with Crippen molar-refractivity contribution < 1.29 is 9.59 Å². The Morgan fingerprint density at radius 2 is 1.76 bits per heavy atom. The molecule has 0 saturated heterocycles. The Kier molecular flexibility index (Phi) is 4.44. The summed E-state index contributed by atoms with van der Waals surface area (Å²) in [5.74, 6) is -1.29. The lowest BCUT2D eigenvalue weighted by Crippen LogP contribution is -2.16. The summed E-state index contributed by atoms with van der Waals surface area (Å²) >= 11 is 0. The number of rotatable bonds is 2. The molecule has 2 aromatic heterocycles. The van der Waals surface area contributed by atoms with Crippen LogP contribution in [0.3, 0.4) is 0 Å². The number of pyridine rings is 1. The molecule has 0 spiro atoms. The molecule has 0 atom stereocenters. The van der Waals surface area contributed by atoms with Crippen LogP contribution >= 0.6 is 0 Å². The summed E-state index contributed by atoms with van der Waals surface area (Å²) in [7, 11) is 0. The average molecular weight is 232 g/mol. The Labute approximate surface area is 97.7 Å². The fourth-order valence-electron chi connectivity index (χ4n) is 0.996. The van der Waals surface area contributed by atoms with Gasteiger partial charge in [0.15, 0.2) is 0 Å². The lowest BCUT2D eigenvalue weighted by Gasteiger charge is -1.96. The highest BCUT2D eigenvalue weighted by Gasteiger charge is 2.05. The maximum absolute atomic E-state index is 10.6. The van der Waals surface area contributed by atoms with Crippen molar-refractivity contribution >= 4 is 11.8 Å². The van der Waals surface area contributed by atoms with Crippen LogP contribution in [-0.2, 0) is 0 Å². The van der Waals surface area contributed by atoms with E-state index in [-0.39, 0.29) is 11.3 Å². The van der Waals surface area contributed by atoms with E-state index < -0.39 is 11.8 Å². The molecule has 0 aliphatic rings. The number of aromatic amines is 1. The molecule has 17 heavy (non-hydrogen) atoms. The van der Waals surface area contributed by atoms with Crippen LogP contribution in [0.1, 0.15) is 20.8 Å². The van der Waals surface area contributed by atoms with Gasteiger partial charge in [-0.25, -0.2) is 0 Å². The first-order valence-corrected chi connectivity index (χ1v) is 4.74. The molecule has 5 N–H and O–H groups in total. The summed E-state index contributed by atoms with van der Waals surface area (Å²) in [5, 5.41) is 0. The lowest BCUT2D eigenvalue weighted by molar-refractivity contribution is 0.0995. The van der Waals surface area contributed by atoms with Gasteiger partial charge >= 0.3 is 0 Å². The summed E-state index contributed by atoms with van der Waals surface area (Å²) in [5.41, 5.74) is 10.1. The number of nitrogens with zero attached hydrogens (tertiary/aromatic N) is 1. The summed E-state index contributed by atoms with van der Waals surface area (Å²) in [4.78, 5) is 27.7. The fraction of sp³-hybridized carbons (Fsp3) is 0. The predicted octanol–water partition coefficient (Wildman–Crippen LogP) is 0.294. The lowest BCUT2D eigenvalue weighted by atomic mass is 10.2. The van der Waals surface area contributed by atoms with Crippen molar-refractivity contribution in [1.29, 1.82) is 0 Å². The molecule has 0 bridgehead atoms. The van der Waals surface area contributed by atoms with Crippen LogP contribution in [0.4, 0.5) is 0 Å². The van der Waals surface area contributed by atoms with Gasteiger partial charge in [-0.05, 0) is 24.3 Å². The third-order valence-electron chi connectivity index (χ3n) is 1.79. The van der Waals surface area contributed by atoms with Crippen LogP contribution in [0.5, 0.6) is 0 Å². The molecular weight excluding hydrogens is 220 g/mol. The smallest absolute Gasteiger partial charge is 0.267 e. The Hall–Kier alpha value is -2.63. The van der Waals surface area contributed by atoms with Gasteiger partial charge in [-0.1, -0.05) is 0 Å². The summed E-state index contributed by atoms with van der Waals surface area (Å²) < 4.78 is 0. The summed E-state index contributed by atoms with van der Waals surface area (Å²) in [6.07, 6.45) is 5.06. The van der Waals surface area contributed by atoms with Gasteiger partial charge in [0.2, 0.25) is 5.91 Å². The van der Waals surface area contributed by atoms with Crippen LogP contribution < -0.4 is 11.5 Å². The molecule has 6 heteroatoms. The second-order valence-corrected chi connectivity index (χ2v) is 3.04. The normalized spacial score (nSPS) is 8.94.